The number of amides is 1. The summed E-state index contributed by atoms with van der Waals surface area (Å²) in [6.07, 6.45) is 2.44. The van der Waals surface area contributed by atoms with Crippen molar-refractivity contribution in [3.05, 3.63) is 53.0 Å². The number of carbonyl (C=O) groups is 1. The van der Waals surface area contributed by atoms with Crippen LogP contribution >= 0.6 is 11.6 Å². The molecule has 0 radical (unpaired) electrons. The van der Waals surface area contributed by atoms with Gasteiger partial charge in [0.25, 0.3) is 5.91 Å². The summed E-state index contributed by atoms with van der Waals surface area (Å²) in [5.74, 6) is 1.39. The highest BCUT2D eigenvalue weighted by Gasteiger charge is 2.24. The van der Waals surface area contributed by atoms with Crippen molar-refractivity contribution in [1.29, 1.82) is 0 Å². The smallest absolute Gasteiger partial charge is 0.256 e. The molecule has 1 amide bonds. The van der Waals surface area contributed by atoms with Gasteiger partial charge in [-0.3, -0.25) is 4.79 Å². The molecular formula is C16H14ClNO3. The average molecular weight is 304 g/mol. The first-order valence-corrected chi connectivity index (χ1v) is 7.16. The SMILES string of the molecule is O=C1Nc2ccc(CCCl)cc2C1=Cc1ccc(CO)o1. The number of alkyl halides is 1. The number of hydrogen-bond acceptors (Lipinski definition) is 3. The van der Waals surface area contributed by atoms with Crippen LogP contribution in [-0.2, 0) is 17.8 Å². The highest BCUT2D eigenvalue weighted by molar-refractivity contribution is 6.34. The fourth-order valence-electron chi connectivity index (χ4n) is 2.34. The van der Waals surface area contributed by atoms with Crippen LogP contribution in [0.15, 0.2) is 34.7 Å². The Morgan fingerprint density at radius 2 is 2.14 bits per heavy atom. The summed E-state index contributed by atoms with van der Waals surface area (Å²) in [5, 5.41) is 11.8. The van der Waals surface area contributed by atoms with E-state index >= 15 is 0 Å². The van der Waals surface area contributed by atoms with Crippen molar-refractivity contribution in [3.63, 3.8) is 0 Å². The molecule has 2 heterocycles. The normalized spacial score (nSPS) is 15.3. The molecule has 0 saturated carbocycles. The number of fused-ring (bicyclic) bond motifs is 1. The number of anilines is 1. The van der Waals surface area contributed by atoms with Crippen molar-refractivity contribution < 1.29 is 14.3 Å². The lowest BCUT2D eigenvalue weighted by Crippen LogP contribution is -2.03. The Morgan fingerprint density at radius 3 is 2.86 bits per heavy atom. The fourth-order valence-corrected chi connectivity index (χ4v) is 2.56. The van der Waals surface area contributed by atoms with Crippen LogP contribution in [0.25, 0.3) is 11.6 Å². The van der Waals surface area contributed by atoms with Gasteiger partial charge in [0.2, 0.25) is 0 Å². The third kappa shape index (κ3) is 2.73. The summed E-state index contributed by atoms with van der Waals surface area (Å²) in [6.45, 7) is -0.161. The zero-order valence-corrected chi connectivity index (χ0v) is 12.0. The summed E-state index contributed by atoms with van der Waals surface area (Å²) in [5.41, 5.74) is 3.28. The molecule has 108 valence electrons. The molecular weight excluding hydrogens is 290 g/mol. The minimum absolute atomic E-state index is 0.157. The number of furan rings is 1. The van der Waals surface area contributed by atoms with E-state index in [0.717, 1.165) is 23.2 Å². The van der Waals surface area contributed by atoms with Crippen molar-refractivity contribution in [2.45, 2.75) is 13.0 Å². The lowest BCUT2D eigenvalue weighted by atomic mass is 10.0. The van der Waals surface area contributed by atoms with Crippen molar-refractivity contribution in [2.75, 3.05) is 11.2 Å². The van der Waals surface area contributed by atoms with Gasteiger partial charge in [0.15, 0.2) is 0 Å². The Hall–Kier alpha value is -2.04. The van der Waals surface area contributed by atoms with E-state index in [1.165, 1.54) is 0 Å². The van der Waals surface area contributed by atoms with Crippen LogP contribution in [0.1, 0.15) is 22.6 Å². The Labute approximate surface area is 127 Å². The molecule has 1 aliphatic heterocycles. The van der Waals surface area contributed by atoms with Gasteiger partial charge in [0.05, 0.1) is 5.57 Å². The van der Waals surface area contributed by atoms with Gasteiger partial charge >= 0.3 is 0 Å². The van der Waals surface area contributed by atoms with Gasteiger partial charge in [-0.05, 0) is 42.3 Å². The zero-order chi connectivity index (χ0) is 14.8. The lowest BCUT2D eigenvalue weighted by molar-refractivity contribution is -0.110. The van der Waals surface area contributed by atoms with E-state index in [-0.39, 0.29) is 12.5 Å². The van der Waals surface area contributed by atoms with E-state index in [1.54, 1.807) is 18.2 Å². The Morgan fingerprint density at radius 1 is 1.29 bits per heavy atom. The van der Waals surface area contributed by atoms with Crippen molar-refractivity contribution in [3.8, 4) is 0 Å². The molecule has 0 saturated heterocycles. The number of carbonyl (C=O) groups excluding carboxylic acids is 1. The number of aryl methyl sites for hydroxylation is 1. The number of aliphatic hydroxyl groups is 1. The molecule has 4 nitrogen and oxygen atoms in total. The zero-order valence-electron chi connectivity index (χ0n) is 11.2. The third-order valence-electron chi connectivity index (χ3n) is 3.38. The van der Waals surface area contributed by atoms with Gasteiger partial charge in [-0.15, -0.1) is 11.6 Å². The first-order chi connectivity index (χ1) is 10.2. The molecule has 3 rings (SSSR count). The highest BCUT2D eigenvalue weighted by Crippen LogP contribution is 2.34. The summed E-state index contributed by atoms with van der Waals surface area (Å²) in [4.78, 5) is 12.1. The van der Waals surface area contributed by atoms with Gasteiger partial charge in [-0.2, -0.15) is 0 Å². The fraction of sp³-hybridized carbons (Fsp3) is 0.188. The van der Waals surface area contributed by atoms with Crippen LogP contribution in [0.4, 0.5) is 5.69 Å². The quantitative estimate of drug-likeness (QED) is 0.674. The number of rotatable bonds is 4. The second-order valence-corrected chi connectivity index (χ2v) is 5.17. The molecule has 0 unspecified atom stereocenters. The summed E-state index contributed by atoms with van der Waals surface area (Å²) in [6, 6.07) is 9.23. The van der Waals surface area contributed by atoms with E-state index in [0.29, 0.717) is 23.0 Å². The molecule has 0 bridgehead atoms. The first kappa shape index (κ1) is 13.9. The van der Waals surface area contributed by atoms with E-state index in [9.17, 15) is 4.79 Å². The second kappa shape index (κ2) is 5.76. The maximum Gasteiger partial charge on any atom is 0.256 e. The Kier molecular flexibility index (Phi) is 3.82. The molecule has 0 aliphatic carbocycles. The monoisotopic (exact) mass is 303 g/mol. The molecule has 1 aromatic carbocycles. The van der Waals surface area contributed by atoms with Gasteiger partial charge in [-0.25, -0.2) is 0 Å². The predicted molar refractivity (Wildman–Crippen MR) is 82.0 cm³/mol. The number of hydrogen-bond donors (Lipinski definition) is 2. The van der Waals surface area contributed by atoms with Crippen molar-refractivity contribution >= 4 is 34.8 Å². The predicted octanol–water partition coefficient (Wildman–Crippen LogP) is 3.05. The van der Waals surface area contributed by atoms with Crippen LogP contribution in [0, 0.1) is 0 Å². The van der Waals surface area contributed by atoms with Gasteiger partial charge in [0, 0.05) is 17.1 Å². The van der Waals surface area contributed by atoms with E-state index in [2.05, 4.69) is 5.32 Å². The van der Waals surface area contributed by atoms with Gasteiger partial charge in [-0.1, -0.05) is 6.07 Å². The largest absolute Gasteiger partial charge is 0.459 e. The van der Waals surface area contributed by atoms with Crippen LogP contribution in [-0.4, -0.2) is 16.9 Å². The minimum atomic E-state index is -0.161. The molecule has 21 heavy (non-hydrogen) atoms. The molecule has 2 N–H and O–H groups in total. The van der Waals surface area contributed by atoms with Crippen LogP contribution in [0.2, 0.25) is 0 Å². The van der Waals surface area contributed by atoms with E-state index in [1.807, 2.05) is 18.2 Å². The number of aliphatic hydroxyl groups excluding tert-OH is 1. The van der Waals surface area contributed by atoms with E-state index < -0.39 is 0 Å². The first-order valence-electron chi connectivity index (χ1n) is 6.63. The summed E-state index contributed by atoms with van der Waals surface area (Å²) < 4.78 is 5.41. The van der Waals surface area contributed by atoms with Gasteiger partial charge < -0.3 is 14.8 Å². The maximum atomic E-state index is 12.1. The molecule has 0 atom stereocenters. The van der Waals surface area contributed by atoms with Crippen molar-refractivity contribution in [2.24, 2.45) is 0 Å². The van der Waals surface area contributed by atoms with Crippen molar-refractivity contribution in [1.82, 2.24) is 0 Å². The minimum Gasteiger partial charge on any atom is -0.459 e. The van der Waals surface area contributed by atoms with Gasteiger partial charge in [0.1, 0.15) is 18.1 Å². The maximum absolute atomic E-state index is 12.1. The van der Waals surface area contributed by atoms with Crippen LogP contribution in [0.3, 0.4) is 0 Å². The lowest BCUT2D eigenvalue weighted by Gasteiger charge is -2.02. The molecule has 5 heteroatoms. The Bertz CT molecular complexity index is 718. The molecule has 1 aromatic heterocycles. The average Bonchev–Trinajstić information content (AvgIpc) is 3.05. The standard InChI is InChI=1S/C16H14ClNO3/c17-6-5-10-1-4-15-13(7-10)14(16(20)18-15)8-11-2-3-12(9-19)21-11/h1-4,7-8,19H,5-6,9H2,(H,18,20). The summed E-state index contributed by atoms with van der Waals surface area (Å²) in [7, 11) is 0. The second-order valence-electron chi connectivity index (χ2n) is 4.79. The van der Waals surface area contributed by atoms with Crippen LogP contribution in [0.5, 0.6) is 0 Å². The molecule has 1 aliphatic rings. The topological polar surface area (TPSA) is 62.5 Å². The number of benzene rings is 1. The number of nitrogens with one attached hydrogen (secondary N) is 1. The van der Waals surface area contributed by atoms with Crippen LogP contribution < -0.4 is 5.32 Å². The summed E-state index contributed by atoms with van der Waals surface area (Å²) >= 11 is 5.76. The molecule has 2 aromatic rings. The third-order valence-corrected chi connectivity index (χ3v) is 3.56. The Balaban J connectivity index is 2.00. The molecule has 0 fully saturated rings. The highest BCUT2D eigenvalue weighted by atomic mass is 35.5. The number of halogens is 1. The molecule has 0 spiro atoms. The van der Waals surface area contributed by atoms with E-state index in [4.69, 9.17) is 21.1 Å².